The van der Waals surface area contributed by atoms with Crippen molar-refractivity contribution >= 4 is 5.91 Å². The lowest BCUT2D eigenvalue weighted by molar-refractivity contribution is -0.127. The van der Waals surface area contributed by atoms with E-state index >= 15 is 0 Å². The van der Waals surface area contributed by atoms with E-state index in [1.807, 2.05) is 4.68 Å². The van der Waals surface area contributed by atoms with Gasteiger partial charge in [-0.3, -0.25) is 14.6 Å². The van der Waals surface area contributed by atoms with Gasteiger partial charge in [-0.1, -0.05) is 0 Å². The maximum atomic E-state index is 12.4. The number of aryl methyl sites for hydroxylation is 1. The molecule has 0 aliphatic carbocycles. The van der Waals surface area contributed by atoms with Gasteiger partial charge in [0.2, 0.25) is 5.91 Å². The van der Waals surface area contributed by atoms with Gasteiger partial charge in [-0.2, -0.15) is 5.10 Å². The molecule has 2 saturated heterocycles. The summed E-state index contributed by atoms with van der Waals surface area (Å²) >= 11 is 0. The van der Waals surface area contributed by atoms with Crippen LogP contribution in [0.5, 0.6) is 0 Å². The molecule has 1 atom stereocenters. The van der Waals surface area contributed by atoms with Crippen LogP contribution in [-0.2, 0) is 22.6 Å². The van der Waals surface area contributed by atoms with Crippen molar-refractivity contribution in [1.29, 1.82) is 0 Å². The highest BCUT2D eigenvalue weighted by molar-refractivity contribution is 5.78. The Hall–Kier alpha value is -1.51. The molecule has 2 fully saturated rings. The second-order valence-corrected chi connectivity index (χ2v) is 7.62. The number of aromatic nitrogens is 3. The van der Waals surface area contributed by atoms with Crippen molar-refractivity contribution in [2.75, 3.05) is 46.4 Å². The van der Waals surface area contributed by atoms with Gasteiger partial charge in [0.1, 0.15) is 12.2 Å². The SMILES string of the molecule is CCn1ncnc1CN1CCC(N2CCCC(C(=O)NCCOC)C2)CC1. The second kappa shape index (κ2) is 10.1. The van der Waals surface area contributed by atoms with Gasteiger partial charge in [-0.25, -0.2) is 9.67 Å². The van der Waals surface area contributed by atoms with Crippen molar-refractivity contribution in [2.45, 2.75) is 51.7 Å². The molecule has 3 rings (SSSR count). The van der Waals surface area contributed by atoms with E-state index in [0.717, 1.165) is 70.8 Å². The lowest BCUT2D eigenvalue weighted by Crippen LogP contribution is -2.50. The number of hydrogen-bond acceptors (Lipinski definition) is 6. The van der Waals surface area contributed by atoms with Crippen LogP contribution in [0.3, 0.4) is 0 Å². The Morgan fingerprint density at radius 1 is 1.30 bits per heavy atom. The summed E-state index contributed by atoms with van der Waals surface area (Å²) in [6.07, 6.45) is 6.09. The highest BCUT2D eigenvalue weighted by Gasteiger charge is 2.31. The fourth-order valence-corrected chi connectivity index (χ4v) is 4.29. The van der Waals surface area contributed by atoms with Crippen molar-refractivity contribution < 1.29 is 9.53 Å². The van der Waals surface area contributed by atoms with E-state index in [4.69, 9.17) is 4.74 Å². The topological polar surface area (TPSA) is 75.5 Å². The number of ether oxygens (including phenoxy) is 1. The maximum absolute atomic E-state index is 12.4. The van der Waals surface area contributed by atoms with Crippen LogP contribution < -0.4 is 5.32 Å². The number of nitrogens with one attached hydrogen (secondary N) is 1. The van der Waals surface area contributed by atoms with Crippen molar-refractivity contribution in [3.05, 3.63) is 12.2 Å². The summed E-state index contributed by atoms with van der Waals surface area (Å²) in [5.41, 5.74) is 0. The molecule has 1 unspecified atom stereocenters. The van der Waals surface area contributed by atoms with Gasteiger partial charge >= 0.3 is 0 Å². The van der Waals surface area contributed by atoms with Crippen LogP contribution >= 0.6 is 0 Å². The van der Waals surface area contributed by atoms with E-state index in [9.17, 15) is 4.79 Å². The van der Waals surface area contributed by atoms with Gasteiger partial charge in [0.25, 0.3) is 0 Å². The lowest BCUT2D eigenvalue weighted by atomic mass is 9.93. The van der Waals surface area contributed by atoms with Gasteiger partial charge in [-0.15, -0.1) is 0 Å². The standard InChI is InChI=1S/C19H34N6O2/c1-3-25-18(21-15-22-25)14-23-10-6-17(7-11-23)24-9-4-5-16(13-24)19(26)20-8-12-27-2/h15-17H,3-14H2,1-2H3,(H,20,26). The smallest absolute Gasteiger partial charge is 0.224 e. The van der Waals surface area contributed by atoms with Crippen LogP contribution in [0.15, 0.2) is 6.33 Å². The third-order valence-corrected chi connectivity index (χ3v) is 5.86. The number of carbonyl (C=O) groups excluding carboxylic acids is 1. The summed E-state index contributed by atoms with van der Waals surface area (Å²) in [5.74, 6) is 1.37. The van der Waals surface area contributed by atoms with Crippen LogP contribution in [0.25, 0.3) is 0 Å². The molecule has 1 N–H and O–H groups in total. The van der Waals surface area contributed by atoms with E-state index in [0.29, 0.717) is 19.2 Å². The number of rotatable bonds is 8. The first-order valence-electron chi connectivity index (χ1n) is 10.3. The van der Waals surface area contributed by atoms with Gasteiger partial charge in [0.15, 0.2) is 0 Å². The molecule has 0 aromatic carbocycles. The minimum Gasteiger partial charge on any atom is -0.383 e. The van der Waals surface area contributed by atoms with Crippen LogP contribution in [-0.4, -0.2) is 83.0 Å². The molecular weight excluding hydrogens is 344 g/mol. The van der Waals surface area contributed by atoms with Gasteiger partial charge in [-0.05, 0) is 39.2 Å². The number of amides is 1. The summed E-state index contributed by atoms with van der Waals surface area (Å²) in [4.78, 5) is 21.8. The van der Waals surface area contributed by atoms with Crippen molar-refractivity contribution in [3.63, 3.8) is 0 Å². The number of methoxy groups -OCH3 is 1. The van der Waals surface area contributed by atoms with Crippen LogP contribution in [0.4, 0.5) is 0 Å². The summed E-state index contributed by atoms with van der Waals surface area (Å²) in [6.45, 7) is 9.22. The Balaban J connectivity index is 1.44. The van der Waals surface area contributed by atoms with E-state index in [-0.39, 0.29) is 11.8 Å². The molecule has 2 aliphatic heterocycles. The third kappa shape index (κ3) is 5.49. The molecule has 8 heteroatoms. The zero-order valence-corrected chi connectivity index (χ0v) is 16.8. The predicted molar refractivity (Wildman–Crippen MR) is 103 cm³/mol. The van der Waals surface area contributed by atoms with Crippen LogP contribution in [0, 0.1) is 5.92 Å². The summed E-state index contributed by atoms with van der Waals surface area (Å²) in [7, 11) is 1.66. The fraction of sp³-hybridized carbons (Fsp3) is 0.842. The maximum Gasteiger partial charge on any atom is 0.224 e. The first-order chi connectivity index (χ1) is 13.2. The fourth-order valence-electron chi connectivity index (χ4n) is 4.29. The Bertz CT molecular complexity index is 585. The van der Waals surface area contributed by atoms with Crippen LogP contribution in [0.1, 0.15) is 38.4 Å². The monoisotopic (exact) mass is 378 g/mol. The molecule has 27 heavy (non-hydrogen) atoms. The molecular formula is C19H34N6O2. The lowest BCUT2D eigenvalue weighted by Gasteiger charge is -2.42. The largest absolute Gasteiger partial charge is 0.383 e. The number of piperidine rings is 2. The normalized spacial score (nSPS) is 22.8. The Morgan fingerprint density at radius 3 is 2.85 bits per heavy atom. The zero-order chi connectivity index (χ0) is 19.1. The van der Waals surface area contributed by atoms with E-state index in [1.165, 1.54) is 0 Å². The molecule has 1 aromatic rings. The zero-order valence-electron chi connectivity index (χ0n) is 16.8. The Morgan fingerprint density at radius 2 is 2.11 bits per heavy atom. The minimum atomic E-state index is 0.122. The first kappa shape index (κ1) is 20.2. The average Bonchev–Trinajstić information content (AvgIpc) is 3.16. The number of hydrogen-bond donors (Lipinski definition) is 1. The molecule has 0 spiro atoms. The van der Waals surface area contributed by atoms with Gasteiger partial charge in [0.05, 0.1) is 19.1 Å². The first-order valence-corrected chi connectivity index (χ1v) is 10.3. The third-order valence-electron chi connectivity index (χ3n) is 5.86. The second-order valence-electron chi connectivity index (χ2n) is 7.62. The minimum absolute atomic E-state index is 0.122. The molecule has 3 heterocycles. The Labute approximate surface area is 162 Å². The van der Waals surface area contributed by atoms with Gasteiger partial charge in [0, 0.05) is 45.9 Å². The molecule has 1 aromatic heterocycles. The Kier molecular flexibility index (Phi) is 7.60. The molecule has 152 valence electrons. The molecule has 8 nitrogen and oxygen atoms in total. The molecule has 0 radical (unpaired) electrons. The summed E-state index contributed by atoms with van der Waals surface area (Å²) < 4.78 is 6.99. The van der Waals surface area contributed by atoms with Crippen molar-refractivity contribution in [3.8, 4) is 0 Å². The van der Waals surface area contributed by atoms with E-state index < -0.39 is 0 Å². The molecule has 0 saturated carbocycles. The highest BCUT2D eigenvalue weighted by Crippen LogP contribution is 2.24. The van der Waals surface area contributed by atoms with Crippen molar-refractivity contribution in [2.24, 2.45) is 5.92 Å². The number of carbonyl (C=O) groups is 1. The quantitative estimate of drug-likeness (QED) is 0.673. The number of nitrogens with zero attached hydrogens (tertiary/aromatic N) is 5. The average molecular weight is 379 g/mol. The summed E-state index contributed by atoms with van der Waals surface area (Å²) in [5, 5.41) is 7.27. The summed E-state index contributed by atoms with van der Waals surface area (Å²) in [6, 6.07) is 0.597. The number of likely N-dealkylation sites (tertiary alicyclic amines) is 2. The van der Waals surface area contributed by atoms with Gasteiger partial charge < -0.3 is 10.1 Å². The molecule has 1 amide bonds. The van der Waals surface area contributed by atoms with Crippen LogP contribution in [0.2, 0.25) is 0 Å². The molecule has 2 aliphatic rings. The predicted octanol–water partition coefficient (Wildman–Crippen LogP) is 0.737. The molecule has 0 bridgehead atoms. The van der Waals surface area contributed by atoms with Crippen molar-refractivity contribution in [1.82, 2.24) is 29.9 Å². The highest BCUT2D eigenvalue weighted by atomic mass is 16.5. The van der Waals surface area contributed by atoms with E-state index in [2.05, 4.69) is 32.1 Å². The van der Waals surface area contributed by atoms with E-state index in [1.54, 1.807) is 13.4 Å².